The molecule has 1 aliphatic rings. The first-order valence-corrected chi connectivity index (χ1v) is 11.0. The van der Waals surface area contributed by atoms with Crippen molar-refractivity contribution in [3.8, 4) is 11.3 Å². The molecule has 0 spiro atoms. The highest BCUT2D eigenvalue weighted by Gasteiger charge is 2.40. The van der Waals surface area contributed by atoms with Crippen molar-refractivity contribution in [2.45, 2.75) is 25.8 Å². The van der Waals surface area contributed by atoms with Crippen molar-refractivity contribution in [2.75, 3.05) is 6.61 Å². The molecule has 11 heteroatoms. The first kappa shape index (κ1) is 24.2. The van der Waals surface area contributed by atoms with E-state index >= 15 is 0 Å². The number of carboxylic acid groups (broad SMARTS) is 2. The standard InChI is InChI=1S/C22H19NO8S2/c1-2-30-21(29)13-5-3-12(4-6-13)16-9-7-14(31-16)11-17-19(26)23(22(32)33-17)15(20(27)28)8-10-18(24)25/h3-7,9,11,15H,2,8,10H2,1H3,(H,24,25)(H,27,28)/b17-11+. The molecule has 1 aromatic heterocycles. The Morgan fingerprint density at radius 3 is 2.48 bits per heavy atom. The molecule has 1 saturated heterocycles. The number of carboxylic acids is 2. The second-order valence-corrected chi connectivity index (χ2v) is 8.51. The lowest BCUT2D eigenvalue weighted by Gasteiger charge is -2.22. The largest absolute Gasteiger partial charge is 0.481 e. The predicted octanol–water partition coefficient (Wildman–Crippen LogP) is 3.64. The lowest BCUT2D eigenvalue weighted by molar-refractivity contribution is -0.146. The van der Waals surface area contributed by atoms with E-state index in [-0.39, 0.29) is 22.3 Å². The van der Waals surface area contributed by atoms with Gasteiger partial charge in [-0.2, -0.15) is 0 Å². The van der Waals surface area contributed by atoms with E-state index in [0.29, 0.717) is 22.6 Å². The van der Waals surface area contributed by atoms with E-state index in [2.05, 4.69) is 0 Å². The van der Waals surface area contributed by atoms with Crippen molar-refractivity contribution in [3.63, 3.8) is 0 Å². The molecule has 0 radical (unpaired) electrons. The fourth-order valence-electron chi connectivity index (χ4n) is 3.07. The molecule has 1 fully saturated rings. The van der Waals surface area contributed by atoms with Gasteiger partial charge >= 0.3 is 17.9 Å². The molecule has 9 nitrogen and oxygen atoms in total. The summed E-state index contributed by atoms with van der Waals surface area (Å²) >= 11 is 6.09. The number of carbonyl (C=O) groups excluding carboxylic acids is 2. The van der Waals surface area contributed by atoms with Crippen LogP contribution < -0.4 is 0 Å². The number of amides is 1. The Kier molecular flexibility index (Phi) is 7.67. The summed E-state index contributed by atoms with van der Waals surface area (Å²) < 4.78 is 10.8. The molecule has 0 saturated carbocycles. The van der Waals surface area contributed by atoms with Crippen LogP contribution in [0.5, 0.6) is 0 Å². The van der Waals surface area contributed by atoms with E-state index in [4.69, 9.17) is 26.5 Å². The number of esters is 1. The van der Waals surface area contributed by atoms with Crippen molar-refractivity contribution in [1.29, 1.82) is 0 Å². The molecular formula is C22H19NO8S2. The molecule has 1 aliphatic heterocycles. The molecule has 0 aliphatic carbocycles. The molecule has 0 bridgehead atoms. The normalized spacial score (nSPS) is 15.7. The predicted molar refractivity (Wildman–Crippen MR) is 123 cm³/mol. The van der Waals surface area contributed by atoms with Crippen molar-refractivity contribution in [1.82, 2.24) is 4.90 Å². The number of thioether (sulfide) groups is 1. The van der Waals surface area contributed by atoms with Gasteiger partial charge in [-0.15, -0.1) is 0 Å². The van der Waals surface area contributed by atoms with Gasteiger partial charge in [-0.25, -0.2) is 9.59 Å². The number of hydrogen-bond donors (Lipinski definition) is 2. The summed E-state index contributed by atoms with van der Waals surface area (Å²) in [5, 5.41) is 18.3. The van der Waals surface area contributed by atoms with Crippen molar-refractivity contribution in [3.05, 3.63) is 52.6 Å². The highest BCUT2D eigenvalue weighted by Crippen LogP contribution is 2.35. The monoisotopic (exact) mass is 489 g/mol. The van der Waals surface area contributed by atoms with Crippen LogP contribution in [0.15, 0.2) is 45.7 Å². The van der Waals surface area contributed by atoms with Gasteiger partial charge in [0.25, 0.3) is 5.91 Å². The number of benzene rings is 1. The maximum atomic E-state index is 12.8. The minimum atomic E-state index is -1.37. The minimum absolute atomic E-state index is 0.0328. The summed E-state index contributed by atoms with van der Waals surface area (Å²) in [5.74, 6) is -2.70. The molecule has 2 N–H and O–H groups in total. The van der Waals surface area contributed by atoms with Crippen LogP contribution in [-0.2, 0) is 19.1 Å². The lowest BCUT2D eigenvalue weighted by atomic mass is 10.1. The molecule has 1 aromatic carbocycles. The summed E-state index contributed by atoms with van der Waals surface area (Å²) in [6.45, 7) is 2.00. The van der Waals surface area contributed by atoms with Crippen LogP contribution in [0.3, 0.4) is 0 Å². The molecule has 172 valence electrons. The smallest absolute Gasteiger partial charge is 0.338 e. The van der Waals surface area contributed by atoms with Crippen LogP contribution in [0.25, 0.3) is 17.4 Å². The minimum Gasteiger partial charge on any atom is -0.481 e. The van der Waals surface area contributed by atoms with Gasteiger partial charge in [0.15, 0.2) is 0 Å². The number of nitrogens with zero attached hydrogens (tertiary/aromatic N) is 1. The molecule has 2 heterocycles. The zero-order valence-corrected chi connectivity index (χ0v) is 19.0. The summed E-state index contributed by atoms with van der Waals surface area (Å²) in [6.07, 6.45) is 0.770. The lowest BCUT2D eigenvalue weighted by Crippen LogP contribution is -2.44. The average Bonchev–Trinajstić information content (AvgIpc) is 3.34. The highest BCUT2D eigenvalue weighted by molar-refractivity contribution is 8.26. The second kappa shape index (κ2) is 10.5. The number of furan rings is 1. The number of aliphatic carboxylic acids is 2. The Bertz CT molecular complexity index is 1140. The number of thiocarbonyl (C=S) groups is 1. The van der Waals surface area contributed by atoms with Crippen LogP contribution in [0.1, 0.15) is 35.9 Å². The van der Waals surface area contributed by atoms with Gasteiger partial charge in [0.2, 0.25) is 0 Å². The zero-order chi connectivity index (χ0) is 24.1. The highest BCUT2D eigenvalue weighted by atomic mass is 32.2. The summed E-state index contributed by atoms with van der Waals surface area (Å²) in [4.78, 5) is 48.1. The van der Waals surface area contributed by atoms with E-state index < -0.39 is 36.3 Å². The van der Waals surface area contributed by atoms with Gasteiger partial charge in [0, 0.05) is 18.1 Å². The number of hydrogen-bond acceptors (Lipinski definition) is 8. The summed E-state index contributed by atoms with van der Waals surface area (Å²) in [6, 6.07) is 8.60. The zero-order valence-electron chi connectivity index (χ0n) is 17.3. The van der Waals surface area contributed by atoms with Crippen molar-refractivity contribution >= 4 is 58.2 Å². The van der Waals surface area contributed by atoms with Crippen molar-refractivity contribution in [2.24, 2.45) is 0 Å². The maximum absolute atomic E-state index is 12.8. The number of carbonyl (C=O) groups is 4. The molecule has 3 rings (SSSR count). The third-order valence-corrected chi connectivity index (χ3v) is 5.96. The van der Waals surface area contributed by atoms with Gasteiger partial charge in [-0.1, -0.05) is 36.1 Å². The molecular weight excluding hydrogens is 470 g/mol. The van der Waals surface area contributed by atoms with Crippen LogP contribution in [0.2, 0.25) is 0 Å². The first-order chi connectivity index (χ1) is 15.7. The molecule has 2 aromatic rings. The van der Waals surface area contributed by atoms with Crippen LogP contribution in [-0.4, -0.2) is 55.9 Å². The SMILES string of the molecule is CCOC(=O)c1ccc(-c2ccc(/C=C3/SC(=S)N(C(CCC(=O)O)C(=O)O)C3=O)o2)cc1. The van der Waals surface area contributed by atoms with Crippen molar-refractivity contribution < 1.29 is 38.5 Å². The van der Waals surface area contributed by atoms with Gasteiger partial charge in [-0.05, 0) is 37.6 Å². The molecule has 1 unspecified atom stereocenters. The quantitative estimate of drug-likeness (QED) is 0.305. The Balaban J connectivity index is 1.77. The Labute approximate surface area is 198 Å². The fourth-order valence-corrected chi connectivity index (χ4v) is 4.41. The van der Waals surface area contributed by atoms with E-state index in [1.165, 1.54) is 6.08 Å². The third-order valence-electron chi connectivity index (χ3n) is 4.63. The van der Waals surface area contributed by atoms with E-state index in [0.717, 1.165) is 16.7 Å². The van der Waals surface area contributed by atoms with Crippen LogP contribution in [0.4, 0.5) is 0 Å². The Hall–Kier alpha value is -3.44. The maximum Gasteiger partial charge on any atom is 0.338 e. The average molecular weight is 490 g/mol. The molecule has 33 heavy (non-hydrogen) atoms. The van der Waals surface area contributed by atoms with E-state index in [1.54, 1.807) is 43.3 Å². The summed E-state index contributed by atoms with van der Waals surface area (Å²) in [7, 11) is 0. The molecule has 1 atom stereocenters. The van der Waals surface area contributed by atoms with Gasteiger partial charge in [0.1, 0.15) is 21.9 Å². The molecule has 1 amide bonds. The van der Waals surface area contributed by atoms with Gasteiger partial charge in [0.05, 0.1) is 17.1 Å². The Morgan fingerprint density at radius 1 is 1.18 bits per heavy atom. The van der Waals surface area contributed by atoms with E-state index in [1.807, 2.05) is 0 Å². The number of rotatable bonds is 9. The first-order valence-electron chi connectivity index (χ1n) is 9.80. The number of ether oxygens (including phenoxy) is 1. The van der Waals surface area contributed by atoms with E-state index in [9.17, 15) is 24.3 Å². The second-order valence-electron chi connectivity index (χ2n) is 6.84. The van der Waals surface area contributed by atoms with Crippen LogP contribution >= 0.6 is 24.0 Å². The Morgan fingerprint density at radius 2 is 1.88 bits per heavy atom. The third kappa shape index (κ3) is 5.68. The van der Waals surface area contributed by atoms with Gasteiger partial charge in [-0.3, -0.25) is 14.5 Å². The van der Waals surface area contributed by atoms with Gasteiger partial charge < -0.3 is 19.4 Å². The fraction of sp³-hybridized carbons (Fsp3) is 0.227. The summed E-state index contributed by atoms with van der Waals surface area (Å²) in [5.41, 5.74) is 1.11. The topological polar surface area (TPSA) is 134 Å². The van der Waals surface area contributed by atoms with Crippen LogP contribution in [0, 0.1) is 0 Å².